The molecule has 16 heavy (non-hydrogen) atoms. The predicted octanol–water partition coefficient (Wildman–Crippen LogP) is 1.26. The minimum absolute atomic E-state index is 0.161. The molecule has 0 radical (unpaired) electrons. The van der Waals surface area contributed by atoms with E-state index in [1.54, 1.807) is 25.3 Å². The molecule has 1 saturated heterocycles. The van der Waals surface area contributed by atoms with E-state index in [2.05, 4.69) is 11.0 Å². The van der Waals surface area contributed by atoms with Gasteiger partial charge in [0.15, 0.2) is 11.5 Å². The van der Waals surface area contributed by atoms with Gasteiger partial charge in [-0.05, 0) is 19.2 Å². The van der Waals surface area contributed by atoms with Gasteiger partial charge in [-0.1, -0.05) is 6.07 Å². The quantitative estimate of drug-likeness (QED) is 0.766. The Labute approximate surface area is 95.0 Å². The third kappa shape index (κ3) is 1.95. The Morgan fingerprint density at radius 2 is 2.19 bits per heavy atom. The predicted molar refractivity (Wildman–Crippen MR) is 59.6 cm³/mol. The van der Waals surface area contributed by atoms with Crippen LogP contribution in [0, 0.1) is 11.3 Å². The van der Waals surface area contributed by atoms with Crippen molar-refractivity contribution in [2.45, 2.75) is 6.10 Å². The van der Waals surface area contributed by atoms with Gasteiger partial charge in [-0.25, -0.2) is 0 Å². The van der Waals surface area contributed by atoms with Crippen LogP contribution in [0.4, 0.5) is 0 Å². The van der Waals surface area contributed by atoms with Crippen molar-refractivity contribution in [1.82, 2.24) is 4.90 Å². The lowest BCUT2D eigenvalue weighted by Gasteiger charge is -2.36. The van der Waals surface area contributed by atoms with E-state index in [-0.39, 0.29) is 6.10 Å². The van der Waals surface area contributed by atoms with Crippen molar-refractivity contribution in [2.24, 2.45) is 0 Å². The standard InChI is InChI=1S/C12H14N2O2/c1-14-7-10(8-14)16-12-9(6-13)4-3-5-11(12)15-2/h3-5,10H,7-8H2,1-2H3. The average molecular weight is 218 g/mol. The van der Waals surface area contributed by atoms with Crippen LogP contribution in [0.2, 0.25) is 0 Å². The van der Waals surface area contributed by atoms with E-state index in [9.17, 15) is 0 Å². The topological polar surface area (TPSA) is 45.5 Å². The van der Waals surface area contributed by atoms with Gasteiger partial charge >= 0.3 is 0 Å². The van der Waals surface area contributed by atoms with Gasteiger partial charge < -0.3 is 9.47 Å². The Bertz CT molecular complexity index is 420. The van der Waals surface area contributed by atoms with Gasteiger partial charge in [0.05, 0.1) is 12.7 Å². The molecule has 4 nitrogen and oxygen atoms in total. The van der Waals surface area contributed by atoms with E-state index < -0.39 is 0 Å². The number of methoxy groups -OCH3 is 1. The number of benzene rings is 1. The SMILES string of the molecule is COc1cccc(C#N)c1OC1CN(C)C1. The summed E-state index contributed by atoms with van der Waals surface area (Å²) in [5.41, 5.74) is 0.522. The molecule has 4 heteroatoms. The third-order valence-corrected chi connectivity index (χ3v) is 2.63. The number of hydrogen-bond donors (Lipinski definition) is 0. The number of rotatable bonds is 3. The number of likely N-dealkylation sites (N-methyl/N-ethyl adjacent to an activating group) is 1. The molecule has 2 rings (SSSR count). The Morgan fingerprint density at radius 1 is 1.44 bits per heavy atom. The van der Waals surface area contributed by atoms with E-state index in [0.717, 1.165) is 13.1 Å². The highest BCUT2D eigenvalue weighted by molar-refractivity contribution is 5.52. The van der Waals surface area contributed by atoms with Crippen LogP contribution in [0.1, 0.15) is 5.56 Å². The molecule has 0 amide bonds. The van der Waals surface area contributed by atoms with Crippen LogP contribution in [-0.4, -0.2) is 38.3 Å². The smallest absolute Gasteiger partial charge is 0.179 e. The Kier molecular flexibility index (Phi) is 2.97. The molecule has 84 valence electrons. The van der Waals surface area contributed by atoms with Crippen molar-refractivity contribution in [2.75, 3.05) is 27.2 Å². The monoisotopic (exact) mass is 218 g/mol. The highest BCUT2D eigenvalue weighted by Gasteiger charge is 2.26. The van der Waals surface area contributed by atoms with E-state index in [4.69, 9.17) is 14.7 Å². The lowest BCUT2D eigenvalue weighted by molar-refractivity contribution is 0.0367. The Balaban J connectivity index is 2.20. The first-order chi connectivity index (χ1) is 7.74. The fourth-order valence-electron chi connectivity index (χ4n) is 1.77. The molecule has 0 unspecified atom stereocenters. The first kappa shape index (κ1) is 10.8. The highest BCUT2D eigenvalue weighted by atomic mass is 16.5. The normalized spacial score (nSPS) is 16.3. The number of nitrogens with zero attached hydrogens (tertiary/aromatic N) is 2. The van der Waals surface area contributed by atoms with E-state index in [0.29, 0.717) is 17.1 Å². The average Bonchev–Trinajstić information content (AvgIpc) is 2.27. The lowest BCUT2D eigenvalue weighted by atomic mass is 10.1. The summed E-state index contributed by atoms with van der Waals surface area (Å²) in [4.78, 5) is 2.16. The van der Waals surface area contributed by atoms with Crippen molar-refractivity contribution in [3.8, 4) is 17.6 Å². The summed E-state index contributed by atoms with van der Waals surface area (Å²) in [5, 5.41) is 9.00. The summed E-state index contributed by atoms with van der Waals surface area (Å²) in [5.74, 6) is 1.18. The molecular formula is C12H14N2O2. The summed E-state index contributed by atoms with van der Waals surface area (Å²) < 4.78 is 11.0. The number of ether oxygens (including phenoxy) is 2. The third-order valence-electron chi connectivity index (χ3n) is 2.63. The Morgan fingerprint density at radius 3 is 2.75 bits per heavy atom. The van der Waals surface area contributed by atoms with Gasteiger partial charge in [0, 0.05) is 13.1 Å². The maximum atomic E-state index is 9.00. The maximum absolute atomic E-state index is 9.00. The largest absolute Gasteiger partial charge is 0.493 e. The molecule has 1 aliphatic heterocycles. The molecule has 0 atom stereocenters. The van der Waals surface area contributed by atoms with Crippen LogP contribution >= 0.6 is 0 Å². The summed E-state index contributed by atoms with van der Waals surface area (Å²) >= 11 is 0. The van der Waals surface area contributed by atoms with Gasteiger partial charge in [0.2, 0.25) is 0 Å². The first-order valence-electron chi connectivity index (χ1n) is 5.17. The molecule has 0 N–H and O–H groups in total. The fourth-order valence-corrected chi connectivity index (χ4v) is 1.77. The van der Waals surface area contributed by atoms with Crippen molar-refractivity contribution in [3.63, 3.8) is 0 Å². The van der Waals surface area contributed by atoms with Crippen molar-refractivity contribution < 1.29 is 9.47 Å². The molecule has 1 aliphatic rings. The second-order valence-electron chi connectivity index (χ2n) is 3.91. The van der Waals surface area contributed by atoms with Crippen molar-refractivity contribution in [1.29, 1.82) is 5.26 Å². The van der Waals surface area contributed by atoms with Gasteiger partial charge in [0.1, 0.15) is 12.2 Å². The number of para-hydroxylation sites is 1. The van der Waals surface area contributed by atoms with Gasteiger partial charge in [0.25, 0.3) is 0 Å². The van der Waals surface area contributed by atoms with E-state index in [1.807, 2.05) is 7.05 Å². The molecule has 1 heterocycles. The zero-order valence-corrected chi connectivity index (χ0v) is 9.43. The summed E-state index contributed by atoms with van der Waals surface area (Å²) in [6, 6.07) is 7.45. The van der Waals surface area contributed by atoms with Crippen molar-refractivity contribution in [3.05, 3.63) is 23.8 Å². The lowest BCUT2D eigenvalue weighted by Crippen LogP contribution is -2.51. The minimum atomic E-state index is 0.161. The molecule has 0 bridgehead atoms. The molecular weight excluding hydrogens is 204 g/mol. The van der Waals surface area contributed by atoms with Crippen LogP contribution in [-0.2, 0) is 0 Å². The molecule has 0 aliphatic carbocycles. The van der Waals surface area contributed by atoms with Crippen LogP contribution in [0.15, 0.2) is 18.2 Å². The first-order valence-corrected chi connectivity index (χ1v) is 5.17. The molecule has 0 aromatic heterocycles. The molecule has 0 spiro atoms. The van der Waals surface area contributed by atoms with E-state index >= 15 is 0 Å². The molecule has 0 saturated carbocycles. The van der Waals surface area contributed by atoms with Crippen LogP contribution in [0.25, 0.3) is 0 Å². The number of nitriles is 1. The summed E-state index contributed by atoms with van der Waals surface area (Å²) in [6.07, 6.45) is 0.161. The summed E-state index contributed by atoms with van der Waals surface area (Å²) in [7, 11) is 3.61. The molecule has 1 fully saturated rings. The van der Waals surface area contributed by atoms with Crippen LogP contribution < -0.4 is 9.47 Å². The number of hydrogen-bond acceptors (Lipinski definition) is 4. The van der Waals surface area contributed by atoms with E-state index in [1.165, 1.54) is 0 Å². The van der Waals surface area contributed by atoms with Crippen molar-refractivity contribution >= 4 is 0 Å². The second kappa shape index (κ2) is 4.42. The zero-order valence-electron chi connectivity index (χ0n) is 9.43. The van der Waals surface area contributed by atoms with Gasteiger partial charge in [-0.2, -0.15) is 5.26 Å². The van der Waals surface area contributed by atoms with Gasteiger partial charge in [-0.3, -0.25) is 4.90 Å². The van der Waals surface area contributed by atoms with Gasteiger partial charge in [-0.15, -0.1) is 0 Å². The Hall–Kier alpha value is -1.73. The minimum Gasteiger partial charge on any atom is -0.493 e. The maximum Gasteiger partial charge on any atom is 0.179 e. The zero-order chi connectivity index (χ0) is 11.5. The number of likely N-dealkylation sites (tertiary alicyclic amines) is 1. The van der Waals surface area contributed by atoms with Crippen LogP contribution in [0.3, 0.4) is 0 Å². The summed E-state index contributed by atoms with van der Waals surface area (Å²) in [6.45, 7) is 1.78. The fraction of sp³-hybridized carbons (Fsp3) is 0.417. The van der Waals surface area contributed by atoms with Crippen LogP contribution in [0.5, 0.6) is 11.5 Å². The molecule has 1 aromatic carbocycles. The highest BCUT2D eigenvalue weighted by Crippen LogP contribution is 2.32. The second-order valence-corrected chi connectivity index (χ2v) is 3.91. The molecule has 1 aromatic rings.